The van der Waals surface area contributed by atoms with Gasteiger partial charge in [0.15, 0.2) is 0 Å². The third-order valence-electron chi connectivity index (χ3n) is 7.18. The number of benzene rings is 2. The van der Waals surface area contributed by atoms with E-state index in [2.05, 4.69) is 15.4 Å². The standard InChI is InChI=1S/C30H39Cl2N3O5S/c1-18(2)14-25(28(38)34-24(17-36)15-20-12-13-33-27(20)37)41-35-29(39)40-26(19-8-10-22(31)11-9-19)30(3,4)21-6-5-7-23(32)16-21/h5-11,16,18,20,24-26,36H,12-15,17H2,1-4H3,(H,33,37)(H,34,38)(H,35,39)/t20-,24-,25-,26?/m0/s1. The summed E-state index contributed by atoms with van der Waals surface area (Å²) in [5.41, 5.74) is 0.960. The van der Waals surface area contributed by atoms with Crippen molar-refractivity contribution in [1.82, 2.24) is 15.4 Å². The molecule has 1 unspecified atom stereocenters. The quantitative estimate of drug-likeness (QED) is 0.209. The van der Waals surface area contributed by atoms with Crippen molar-refractivity contribution < 1.29 is 24.2 Å². The van der Waals surface area contributed by atoms with E-state index in [-0.39, 0.29) is 30.3 Å². The number of carbonyl (C=O) groups is 3. The third kappa shape index (κ3) is 9.53. The van der Waals surface area contributed by atoms with E-state index < -0.39 is 28.9 Å². The van der Waals surface area contributed by atoms with Crippen LogP contribution in [0.25, 0.3) is 0 Å². The fourth-order valence-corrected chi connectivity index (χ4v) is 6.14. The molecule has 0 aliphatic carbocycles. The number of ether oxygens (including phenoxy) is 1. The van der Waals surface area contributed by atoms with Crippen molar-refractivity contribution in [2.24, 2.45) is 11.8 Å². The molecule has 8 nitrogen and oxygen atoms in total. The van der Waals surface area contributed by atoms with Crippen LogP contribution >= 0.6 is 35.1 Å². The number of hydrogen-bond donors (Lipinski definition) is 4. The lowest BCUT2D eigenvalue weighted by Gasteiger charge is -2.35. The van der Waals surface area contributed by atoms with E-state index in [1.807, 2.05) is 58.0 Å². The zero-order valence-corrected chi connectivity index (χ0v) is 26.1. The van der Waals surface area contributed by atoms with E-state index in [4.69, 9.17) is 27.9 Å². The number of halogens is 2. The summed E-state index contributed by atoms with van der Waals surface area (Å²) >= 11 is 13.4. The molecule has 1 fully saturated rings. The predicted molar refractivity (Wildman–Crippen MR) is 164 cm³/mol. The monoisotopic (exact) mass is 623 g/mol. The van der Waals surface area contributed by atoms with Gasteiger partial charge in [0.1, 0.15) is 11.4 Å². The van der Waals surface area contributed by atoms with Crippen molar-refractivity contribution in [3.05, 3.63) is 69.7 Å². The van der Waals surface area contributed by atoms with Gasteiger partial charge in [-0.2, -0.15) is 0 Å². The lowest BCUT2D eigenvalue weighted by atomic mass is 9.76. The number of amides is 3. The zero-order chi connectivity index (χ0) is 30.2. The summed E-state index contributed by atoms with van der Waals surface area (Å²) in [5, 5.41) is 16.0. The van der Waals surface area contributed by atoms with Crippen LogP contribution < -0.4 is 15.4 Å². The molecule has 2 aromatic carbocycles. The molecule has 1 aliphatic rings. The highest BCUT2D eigenvalue weighted by molar-refractivity contribution is 7.99. The number of aliphatic hydroxyl groups is 1. The van der Waals surface area contributed by atoms with Crippen molar-refractivity contribution >= 4 is 53.1 Å². The lowest BCUT2D eigenvalue weighted by Crippen LogP contribution is -2.45. The summed E-state index contributed by atoms with van der Waals surface area (Å²) in [6.45, 7) is 8.20. The van der Waals surface area contributed by atoms with Crippen molar-refractivity contribution in [3.8, 4) is 0 Å². The fourth-order valence-electron chi connectivity index (χ4n) is 4.88. The number of hydrogen-bond acceptors (Lipinski definition) is 6. The van der Waals surface area contributed by atoms with Crippen LogP contribution in [-0.2, 0) is 19.7 Å². The van der Waals surface area contributed by atoms with Crippen LogP contribution in [0.3, 0.4) is 0 Å². The Labute approximate surface area is 256 Å². The van der Waals surface area contributed by atoms with Crippen LogP contribution in [0.5, 0.6) is 0 Å². The average Bonchev–Trinajstić information content (AvgIpc) is 3.33. The molecule has 4 N–H and O–H groups in total. The summed E-state index contributed by atoms with van der Waals surface area (Å²) in [7, 11) is 0. The van der Waals surface area contributed by atoms with Crippen LogP contribution in [0, 0.1) is 11.8 Å². The van der Waals surface area contributed by atoms with Gasteiger partial charge in [0.25, 0.3) is 0 Å². The molecule has 1 aliphatic heterocycles. The molecule has 3 rings (SSSR count). The second-order valence-electron chi connectivity index (χ2n) is 11.3. The third-order valence-corrected chi connectivity index (χ3v) is 8.65. The van der Waals surface area contributed by atoms with E-state index >= 15 is 0 Å². The Balaban J connectivity index is 1.72. The molecule has 224 valence electrons. The van der Waals surface area contributed by atoms with E-state index in [1.54, 1.807) is 18.2 Å². The minimum Gasteiger partial charge on any atom is -0.440 e. The molecule has 41 heavy (non-hydrogen) atoms. The van der Waals surface area contributed by atoms with Gasteiger partial charge < -0.3 is 20.5 Å². The van der Waals surface area contributed by atoms with Gasteiger partial charge >= 0.3 is 6.09 Å². The maximum Gasteiger partial charge on any atom is 0.417 e. The van der Waals surface area contributed by atoms with E-state index in [1.165, 1.54) is 0 Å². The van der Waals surface area contributed by atoms with Gasteiger partial charge in [-0.15, -0.1) is 0 Å². The predicted octanol–water partition coefficient (Wildman–Crippen LogP) is 5.80. The summed E-state index contributed by atoms with van der Waals surface area (Å²) in [5.74, 6) is -0.474. The van der Waals surface area contributed by atoms with E-state index in [0.29, 0.717) is 35.9 Å². The Morgan fingerprint density at radius 2 is 1.85 bits per heavy atom. The first-order chi connectivity index (χ1) is 19.4. The molecule has 4 atom stereocenters. The van der Waals surface area contributed by atoms with E-state index in [0.717, 1.165) is 23.1 Å². The van der Waals surface area contributed by atoms with Crippen LogP contribution in [0.2, 0.25) is 10.0 Å². The molecule has 1 heterocycles. The Bertz CT molecular complexity index is 1190. The largest absolute Gasteiger partial charge is 0.440 e. The summed E-state index contributed by atoms with van der Waals surface area (Å²) < 4.78 is 8.70. The molecule has 0 radical (unpaired) electrons. The summed E-state index contributed by atoms with van der Waals surface area (Å²) in [6.07, 6.45) is 0.0982. The summed E-state index contributed by atoms with van der Waals surface area (Å²) in [6, 6.07) is 14.0. The SMILES string of the molecule is CC(C)C[C@H](SNC(=O)OC(c1ccc(Cl)cc1)C(C)(C)c1cccc(Cl)c1)C(=O)N[C@H](CO)C[C@@H]1CCNC1=O. The van der Waals surface area contributed by atoms with Crippen molar-refractivity contribution in [3.63, 3.8) is 0 Å². The van der Waals surface area contributed by atoms with Crippen LogP contribution in [0.1, 0.15) is 64.2 Å². The Morgan fingerprint density at radius 1 is 1.15 bits per heavy atom. The van der Waals surface area contributed by atoms with Crippen LogP contribution in [0.4, 0.5) is 4.79 Å². The topological polar surface area (TPSA) is 117 Å². The molecular weight excluding hydrogens is 585 g/mol. The number of carbonyl (C=O) groups excluding carboxylic acids is 3. The maximum atomic E-state index is 13.2. The lowest BCUT2D eigenvalue weighted by molar-refractivity contribution is -0.125. The first kappa shape index (κ1) is 33.0. The maximum absolute atomic E-state index is 13.2. The van der Waals surface area contributed by atoms with Gasteiger partial charge in [-0.25, -0.2) is 4.79 Å². The smallest absolute Gasteiger partial charge is 0.417 e. The molecule has 11 heteroatoms. The van der Waals surface area contributed by atoms with Gasteiger partial charge in [0.2, 0.25) is 11.8 Å². The highest BCUT2D eigenvalue weighted by atomic mass is 35.5. The highest BCUT2D eigenvalue weighted by Gasteiger charge is 2.37. The molecular formula is C30H39Cl2N3O5S. The van der Waals surface area contributed by atoms with Gasteiger partial charge in [-0.05, 0) is 72.5 Å². The molecule has 2 aromatic rings. The van der Waals surface area contributed by atoms with Gasteiger partial charge in [-0.3, -0.25) is 14.3 Å². The minimum absolute atomic E-state index is 0.0637. The normalized spacial score (nSPS) is 17.5. The Morgan fingerprint density at radius 3 is 2.44 bits per heavy atom. The first-order valence-corrected chi connectivity index (χ1v) is 15.4. The first-order valence-electron chi connectivity index (χ1n) is 13.7. The number of aliphatic hydroxyl groups excluding tert-OH is 1. The second kappa shape index (κ2) is 15.1. The number of rotatable bonds is 13. The van der Waals surface area contributed by atoms with Crippen molar-refractivity contribution in [2.45, 2.75) is 69.8 Å². The zero-order valence-electron chi connectivity index (χ0n) is 23.8. The Kier molecular flexibility index (Phi) is 12.2. The fraction of sp³-hybridized carbons (Fsp3) is 0.500. The summed E-state index contributed by atoms with van der Waals surface area (Å²) in [4.78, 5) is 38.3. The molecule has 0 aromatic heterocycles. The van der Waals surface area contributed by atoms with Gasteiger partial charge in [0, 0.05) is 27.9 Å². The molecule has 0 saturated carbocycles. The van der Waals surface area contributed by atoms with Gasteiger partial charge in [-0.1, -0.05) is 75.2 Å². The van der Waals surface area contributed by atoms with Crippen LogP contribution in [-0.4, -0.2) is 47.5 Å². The average molecular weight is 625 g/mol. The van der Waals surface area contributed by atoms with Crippen molar-refractivity contribution in [2.75, 3.05) is 13.2 Å². The highest BCUT2D eigenvalue weighted by Crippen LogP contribution is 2.41. The van der Waals surface area contributed by atoms with Crippen molar-refractivity contribution in [1.29, 1.82) is 0 Å². The molecule has 0 spiro atoms. The molecule has 1 saturated heterocycles. The molecule has 3 amide bonds. The van der Waals surface area contributed by atoms with Gasteiger partial charge in [0.05, 0.1) is 12.6 Å². The minimum atomic E-state index is -0.701. The number of nitrogens with one attached hydrogen (secondary N) is 3. The van der Waals surface area contributed by atoms with E-state index in [9.17, 15) is 19.5 Å². The molecule has 0 bridgehead atoms. The van der Waals surface area contributed by atoms with Crippen LogP contribution in [0.15, 0.2) is 48.5 Å². The second-order valence-corrected chi connectivity index (χ2v) is 13.2. The Hall–Kier alpha value is -2.46.